The highest BCUT2D eigenvalue weighted by molar-refractivity contribution is 5.76. The Labute approximate surface area is 102 Å². The molecule has 1 amide bonds. The lowest BCUT2D eigenvalue weighted by molar-refractivity contribution is -0.137. The van der Waals surface area contributed by atoms with Crippen molar-refractivity contribution < 1.29 is 19.4 Å². The molecule has 0 aromatic rings. The van der Waals surface area contributed by atoms with Crippen molar-refractivity contribution >= 4 is 11.9 Å². The summed E-state index contributed by atoms with van der Waals surface area (Å²) in [6.45, 7) is 2.33. The Morgan fingerprint density at radius 2 is 2.18 bits per heavy atom. The first-order valence-electron chi connectivity index (χ1n) is 6.24. The third kappa shape index (κ3) is 6.94. The lowest BCUT2D eigenvalue weighted by Gasteiger charge is -2.21. The first-order chi connectivity index (χ1) is 8.18. The molecule has 0 radical (unpaired) electrons. The number of carboxylic acid groups (broad SMARTS) is 1. The Bertz CT molecular complexity index is 249. The molecule has 0 bridgehead atoms. The van der Waals surface area contributed by atoms with Crippen LogP contribution >= 0.6 is 0 Å². The van der Waals surface area contributed by atoms with Gasteiger partial charge in [0.1, 0.15) is 0 Å². The predicted molar refractivity (Wildman–Crippen MR) is 62.7 cm³/mol. The summed E-state index contributed by atoms with van der Waals surface area (Å²) in [5, 5.41) is 11.2. The molecule has 5 nitrogen and oxygen atoms in total. The molecule has 98 valence electrons. The Hall–Kier alpha value is -1.10. The molecule has 1 heterocycles. The van der Waals surface area contributed by atoms with Gasteiger partial charge in [-0.1, -0.05) is 0 Å². The summed E-state index contributed by atoms with van der Waals surface area (Å²) in [4.78, 5) is 21.6. The molecule has 0 aromatic heterocycles. The second kappa shape index (κ2) is 8.06. The maximum Gasteiger partial charge on any atom is 0.303 e. The van der Waals surface area contributed by atoms with Crippen LogP contribution in [0.25, 0.3) is 0 Å². The lowest BCUT2D eigenvalue weighted by Crippen LogP contribution is -2.28. The summed E-state index contributed by atoms with van der Waals surface area (Å²) in [5.74, 6) is -0.344. The highest BCUT2D eigenvalue weighted by Gasteiger charge is 2.13. The van der Waals surface area contributed by atoms with Crippen molar-refractivity contribution in [2.45, 2.75) is 38.5 Å². The summed E-state index contributed by atoms with van der Waals surface area (Å²) < 4.78 is 5.35. The number of nitrogens with one attached hydrogen (secondary N) is 1. The summed E-state index contributed by atoms with van der Waals surface area (Å²) in [6.07, 6.45) is 4.00. The van der Waals surface area contributed by atoms with Crippen molar-refractivity contribution in [1.29, 1.82) is 0 Å². The third-order valence-corrected chi connectivity index (χ3v) is 2.92. The highest BCUT2D eigenvalue weighted by atomic mass is 16.5. The maximum absolute atomic E-state index is 11.3. The molecule has 17 heavy (non-hydrogen) atoms. The molecule has 2 N–H and O–H groups in total. The molecule has 0 saturated carbocycles. The summed E-state index contributed by atoms with van der Waals surface area (Å²) in [5.41, 5.74) is 0. The van der Waals surface area contributed by atoms with Gasteiger partial charge in [0, 0.05) is 32.6 Å². The van der Waals surface area contributed by atoms with Crippen molar-refractivity contribution in [3.63, 3.8) is 0 Å². The second-order valence-electron chi connectivity index (χ2n) is 4.47. The van der Waals surface area contributed by atoms with Gasteiger partial charge in [-0.05, 0) is 31.6 Å². The molecule has 0 aliphatic carbocycles. The zero-order chi connectivity index (χ0) is 12.5. The number of hydrogen-bond donors (Lipinski definition) is 2. The van der Waals surface area contributed by atoms with Crippen LogP contribution in [0, 0.1) is 5.92 Å². The molecule has 1 rings (SSSR count). The summed E-state index contributed by atoms with van der Waals surface area (Å²) >= 11 is 0. The van der Waals surface area contributed by atoms with E-state index >= 15 is 0 Å². The van der Waals surface area contributed by atoms with Gasteiger partial charge in [0.2, 0.25) is 5.91 Å². The average molecular weight is 243 g/mol. The fourth-order valence-corrected chi connectivity index (χ4v) is 1.94. The fraction of sp³-hybridized carbons (Fsp3) is 0.833. The van der Waals surface area contributed by atoms with Gasteiger partial charge in [0.25, 0.3) is 0 Å². The molecule has 1 unspecified atom stereocenters. The largest absolute Gasteiger partial charge is 0.481 e. The van der Waals surface area contributed by atoms with Gasteiger partial charge in [-0.3, -0.25) is 9.59 Å². The van der Waals surface area contributed by atoms with Crippen LogP contribution in [0.1, 0.15) is 38.5 Å². The number of ether oxygens (including phenoxy) is 1. The van der Waals surface area contributed by atoms with Crippen LogP contribution in [-0.2, 0) is 14.3 Å². The van der Waals surface area contributed by atoms with Crippen LogP contribution in [0.5, 0.6) is 0 Å². The van der Waals surface area contributed by atoms with E-state index in [2.05, 4.69) is 5.32 Å². The Kier molecular flexibility index (Phi) is 6.62. The van der Waals surface area contributed by atoms with E-state index in [9.17, 15) is 9.59 Å². The Balaban J connectivity index is 1.97. The van der Waals surface area contributed by atoms with Crippen LogP contribution in [0.4, 0.5) is 0 Å². The smallest absolute Gasteiger partial charge is 0.303 e. The van der Waals surface area contributed by atoms with E-state index in [0.29, 0.717) is 25.3 Å². The number of carboxylic acids is 1. The first kappa shape index (κ1) is 14.0. The van der Waals surface area contributed by atoms with E-state index in [4.69, 9.17) is 9.84 Å². The van der Waals surface area contributed by atoms with Gasteiger partial charge in [0.15, 0.2) is 0 Å². The van der Waals surface area contributed by atoms with Crippen LogP contribution in [0.15, 0.2) is 0 Å². The molecular weight excluding hydrogens is 222 g/mol. The topological polar surface area (TPSA) is 75.6 Å². The van der Waals surface area contributed by atoms with Crippen LogP contribution in [0.2, 0.25) is 0 Å². The summed E-state index contributed by atoms with van der Waals surface area (Å²) in [6, 6.07) is 0. The Morgan fingerprint density at radius 1 is 1.35 bits per heavy atom. The molecule has 1 saturated heterocycles. The predicted octanol–water partition coefficient (Wildman–Crippen LogP) is 1.17. The molecule has 1 aliphatic rings. The molecule has 1 atom stereocenters. The zero-order valence-corrected chi connectivity index (χ0v) is 10.1. The normalized spacial score (nSPS) is 19.9. The van der Waals surface area contributed by atoms with Crippen molar-refractivity contribution in [2.24, 2.45) is 5.92 Å². The molecule has 0 spiro atoms. The monoisotopic (exact) mass is 243 g/mol. The minimum Gasteiger partial charge on any atom is -0.481 e. The number of aliphatic carboxylic acids is 1. The number of carbonyl (C=O) groups excluding carboxylic acids is 1. The van der Waals surface area contributed by atoms with Gasteiger partial charge < -0.3 is 15.2 Å². The van der Waals surface area contributed by atoms with E-state index in [1.807, 2.05) is 0 Å². The number of carbonyl (C=O) groups is 2. The minimum absolute atomic E-state index is 0.0528. The quantitative estimate of drug-likeness (QED) is 0.704. The van der Waals surface area contributed by atoms with Gasteiger partial charge in [0.05, 0.1) is 0 Å². The van der Waals surface area contributed by atoms with Crippen LogP contribution < -0.4 is 5.32 Å². The minimum atomic E-state index is -0.850. The van der Waals surface area contributed by atoms with Crippen molar-refractivity contribution in [3.05, 3.63) is 0 Å². The zero-order valence-electron chi connectivity index (χ0n) is 10.1. The van der Waals surface area contributed by atoms with E-state index in [1.54, 1.807) is 0 Å². The van der Waals surface area contributed by atoms with Crippen molar-refractivity contribution in [2.75, 3.05) is 19.8 Å². The highest BCUT2D eigenvalue weighted by Crippen LogP contribution is 2.16. The second-order valence-corrected chi connectivity index (χ2v) is 4.47. The van der Waals surface area contributed by atoms with Gasteiger partial charge in [-0.15, -0.1) is 0 Å². The van der Waals surface area contributed by atoms with Crippen LogP contribution in [-0.4, -0.2) is 36.7 Å². The maximum atomic E-state index is 11.3. The standard InChI is InChI=1S/C12H21NO4/c14-11(4-1-5-12(15)16)13-7-6-10-3-2-8-17-9-10/h10H,1-9H2,(H,13,14)(H,15,16). The van der Waals surface area contributed by atoms with E-state index in [1.165, 1.54) is 6.42 Å². The molecular formula is C12H21NO4. The van der Waals surface area contributed by atoms with Gasteiger partial charge >= 0.3 is 5.97 Å². The molecule has 5 heteroatoms. The number of rotatable bonds is 7. The van der Waals surface area contributed by atoms with Gasteiger partial charge in [-0.2, -0.15) is 0 Å². The summed E-state index contributed by atoms with van der Waals surface area (Å²) in [7, 11) is 0. The van der Waals surface area contributed by atoms with E-state index in [-0.39, 0.29) is 12.3 Å². The molecule has 1 fully saturated rings. The third-order valence-electron chi connectivity index (χ3n) is 2.92. The Morgan fingerprint density at radius 3 is 2.82 bits per heavy atom. The number of hydrogen-bond acceptors (Lipinski definition) is 3. The van der Waals surface area contributed by atoms with E-state index in [0.717, 1.165) is 26.1 Å². The van der Waals surface area contributed by atoms with E-state index < -0.39 is 5.97 Å². The SMILES string of the molecule is O=C(O)CCCC(=O)NCCC1CCCOC1. The van der Waals surface area contributed by atoms with Crippen molar-refractivity contribution in [3.8, 4) is 0 Å². The van der Waals surface area contributed by atoms with Gasteiger partial charge in [-0.25, -0.2) is 0 Å². The average Bonchev–Trinajstić information content (AvgIpc) is 2.30. The number of amides is 1. The van der Waals surface area contributed by atoms with Crippen molar-refractivity contribution in [1.82, 2.24) is 5.32 Å². The first-order valence-corrected chi connectivity index (χ1v) is 6.24. The van der Waals surface area contributed by atoms with Crippen LogP contribution in [0.3, 0.4) is 0 Å². The molecule has 0 aromatic carbocycles. The fourth-order valence-electron chi connectivity index (χ4n) is 1.94. The molecule has 1 aliphatic heterocycles. The lowest BCUT2D eigenvalue weighted by atomic mass is 9.99.